The molecule has 1 aliphatic heterocycles. The lowest BCUT2D eigenvalue weighted by Gasteiger charge is -2.26. The van der Waals surface area contributed by atoms with Crippen LogP contribution < -0.4 is 10.1 Å². The summed E-state index contributed by atoms with van der Waals surface area (Å²) in [6, 6.07) is 5.92. The predicted molar refractivity (Wildman–Crippen MR) is 60.5 cm³/mol. The normalized spacial score (nSPS) is 16.4. The van der Waals surface area contributed by atoms with E-state index in [0.717, 1.165) is 18.8 Å². The van der Waals surface area contributed by atoms with Crippen LogP contribution in [-0.4, -0.2) is 25.4 Å². The van der Waals surface area contributed by atoms with Crippen molar-refractivity contribution < 1.29 is 4.74 Å². The highest BCUT2D eigenvalue weighted by atomic mass is 35.5. The molecule has 76 valence electrons. The quantitative estimate of drug-likeness (QED) is 0.860. The Morgan fingerprint density at radius 3 is 2.79 bits per heavy atom. The van der Waals surface area contributed by atoms with E-state index in [1.165, 1.54) is 4.90 Å². The van der Waals surface area contributed by atoms with Crippen molar-refractivity contribution in [2.45, 2.75) is 10.1 Å². The van der Waals surface area contributed by atoms with Crippen LogP contribution in [0.25, 0.3) is 0 Å². The number of methoxy groups -OCH3 is 1. The average molecular weight is 230 g/mol. The van der Waals surface area contributed by atoms with Gasteiger partial charge in [0.25, 0.3) is 0 Å². The summed E-state index contributed by atoms with van der Waals surface area (Å²) in [5, 5.41) is 4.62. The number of nitrogens with one attached hydrogen (secondary N) is 1. The summed E-state index contributed by atoms with van der Waals surface area (Å²) in [5.41, 5.74) is 0. The van der Waals surface area contributed by atoms with Crippen molar-refractivity contribution in [3.8, 4) is 5.75 Å². The summed E-state index contributed by atoms with van der Waals surface area (Å²) < 4.78 is 5.09. The maximum absolute atomic E-state index is 6.02. The van der Waals surface area contributed by atoms with Crippen molar-refractivity contribution in [1.29, 1.82) is 0 Å². The van der Waals surface area contributed by atoms with Gasteiger partial charge in [-0.3, -0.25) is 0 Å². The zero-order chi connectivity index (χ0) is 9.97. The van der Waals surface area contributed by atoms with Crippen molar-refractivity contribution in [3.63, 3.8) is 0 Å². The van der Waals surface area contributed by atoms with Gasteiger partial charge in [-0.2, -0.15) is 0 Å². The molecule has 1 fully saturated rings. The second-order valence-corrected chi connectivity index (χ2v) is 4.98. The lowest BCUT2D eigenvalue weighted by molar-refractivity contribution is 0.414. The number of thioether (sulfide) groups is 1. The smallest absolute Gasteiger partial charge is 0.137 e. The van der Waals surface area contributed by atoms with Gasteiger partial charge in [0.15, 0.2) is 0 Å². The molecule has 0 bridgehead atoms. The molecule has 0 unspecified atom stereocenters. The molecule has 0 saturated carbocycles. The fourth-order valence-electron chi connectivity index (χ4n) is 1.26. The topological polar surface area (TPSA) is 21.3 Å². The molecule has 1 heterocycles. The van der Waals surface area contributed by atoms with Crippen molar-refractivity contribution in [3.05, 3.63) is 23.2 Å². The Balaban J connectivity index is 2.07. The van der Waals surface area contributed by atoms with Crippen LogP contribution in [0, 0.1) is 0 Å². The number of hydrogen-bond donors (Lipinski definition) is 1. The van der Waals surface area contributed by atoms with Crippen LogP contribution in [0.3, 0.4) is 0 Å². The molecule has 0 amide bonds. The molecule has 1 aromatic rings. The number of halogens is 1. The average Bonchev–Trinajstić information content (AvgIpc) is 2.12. The molecule has 0 aliphatic carbocycles. The Bertz CT molecular complexity index is 328. The van der Waals surface area contributed by atoms with E-state index in [0.29, 0.717) is 10.3 Å². The fourth-order valence-corrected chi connectivity index (χ4v) is 2.70. The Labute approximate surface area is 93.0 Å². The Morgan fingerprint density at radius 1 is 1.50 bits per heavy atom. The molecule has 0 atom stereocenters. The largest absolute Gasteiger partial charge is 0.495 e. The molecule has 14 heavy (non-hydrogen) atoms. The van der Waals surface area contributed by atoms with E-state index in [9.17, 15) is 0 Å². The van der Waals surface area contributed by atoms with Crippen molar-refractivity contribution >= 4 is 23.4 Å². The van der Waals surface area contributed by atoms with E-state index in [2.05, 4.69) is 5.32 Å². The van der Waals surface area contributed by atoms with Gasteiger partial charge in [-0.15, -0.1) is 11.8 Å². The van der Waals surface area contributed by atoms with Crippen LogP contribution in [0.1, 0.15) is 0 Å². The van der Waals surface area contributed by atoms with E-state index < -0.39 is 0 Å². The maximum atomic E-state index is 6.02. The molecule has 0 aromatic heterocycles. The molecule has 2 nitrogen and oxygen atoms in total. The fraction of sp³-hybridized carbons (Fsp3) is 0.400. The second kappa shape index (κ2) is 4.43. The van der Waals surface area contributed by atoms with Crippen molar-refractivity contribution in [2.75, 3.05) is 20.2 Å². The first-order valence-electron chi connectivity index (χ1n) is 4.50. The van der Waals surface area contributed by atoms with Crippen LogP contribution in [-0.2, 0) is 0 Å². The van der Waals surface area contributed by atoms with Crippen LogP contribution >= 0.6 is 23.4 Å². The summed E-state index contributed by atoms with van der Waals surface area (Å²) in [4.78, 5) is 1.21. The monoisotopic (exact) mass is 229 g/mol. The summed E-state index contributed by atoms with van der Waals surface area (Å²) in [6.45, 7) is 2.18. The third-order valence-electron chi connectivity index (χ3n) is 2.17. The van der Waals surface area contributed by atoms with Gasteiger partial charge in [0.05, 0.1) is 12.1 Å². The SMILES string of the molecule is COc1ccc(SC2CNC2)cc1Cl. The molecule has 1 aliphatic rings. The number of rotatable bonds is 3. The summed E-state index contributed by atoms with van der Waals surface area (Å²) in [7, 11) is 1.63. The van der Waals surface area contributed by atoms with E-state index in [-0.39, 0.29) is 0 Å². The second-order valence-electron chi connectivity index (χ2n) is 3.19. The van der Waals surface area contributed by atoms with Crippen molar-refractivity contribution in [2.24, 2.45) is 0 Å². The van der Waals surface area contributed by atoms with Gasteiger partial charge in [-0.1, -0.05) is 11.6 Å². The van der Waals surface area contributed by atoms with Crippen LogP contribution in [0.2, 0.25) is 5.02 Å². The maximum Gasteiger partial charge on any atom is 0.137 e. The van der Waals surface area contributed by atoms with Gasteiger partial charge in [-0.25, -0.2) is 0 Å². The number of benzene rings is 1. The first-order valence-corrected chi connectivity index (χ1v) is 5.76. The molecule has 1 aromatic carbocycles. The van der Waals surface area contributed by atoms with Crippen LogP contribution in [0.5, 0.6) is 5.75 Å². The minimum absolute atomic E-state index is 0.685. The van der Waals surface area contributed by atoms with Crippen molar-refractivity contribution in [1.82, 2.24) is 5.32 Å². The van der Waals surface area contributed by atoms with E-state index >= 15 is 0 Å². The van der Waals surface area contributed by atoms with Crippen LogP contribution in [0.4, 0.5) is 0 Å². The van der Waals surface area contributed by atoms with E-state index in [1.54, 1.807) is 7.11 Å². The van der Waals surface area contributed by atoms with E-state index in [1.807, 2.05) is 30.0 Å². The number of ether oxygens (including phenoxy) is 1. The Kier molecular flexibility index (Phi) is 3.21. The standard InChI is InChI=1S/C10H12ClNOS/c1-13-10-3-2-7(4-9(10)11)14-8-5-12-6-8/h2-4,8,12H,5-6H2,1H3. The van der Waals surface area contributed by atoms with E-state index in [4.69, 9.17) is 16.3 Å². The van der Waals surface area contributed by atoms with Gasteiger partial charge in [0.2, 0.25) is 0 Å². The molecule has 0 spiro atoms. The summed E-state index contributed by atoms with van der Waals surface area (Å²) in [6.07, 6.45) is 0. The first-order chi connectivity index (χ1) is 6.79. The summed E-state index contributed by atoms with van der Waals surface area (Å²) in [5.74, 6) is 0.739. The highest BCUT2D eigenvalue weighted by Crippen LogP contribution is 2.32. The molecule has 1 N–H and O–H groups in total. The Morgan fingerprint density at radius 2 is 2.29 bits per heavy atom. The highest BCUT2D eigenvalue weighted by molar-refractivity contribution is 8.00. The van der Waals surface area contributed by atoms with Gasteiger partial charge >= 0.3 is 0 Å². The molecule has 0 radical (unpaired) electrons. The zero-order valence-electron chi connectivity index (χ0n) is 7.92. The molecular weight excluding hydrogens is 218 g/mol. The number of hydrogen-bond acceptors (Lipinski definition) is 3. The lowest BCUT2D eigenvalue weighted by Crippen LogP contribution is -2.44. The molecule has 2 rings (SSSR count). The molecule has 4 heteroatoms. The highest BCUT2D eigenvalue weighted by Gasteiger charge is 2.18. The Hall–Kier alpha value is -0.380. The van der Waals surface area contributed by atoms with Gasteiger partial charge < -0.3 is 10.1 Å². The van der Waals surface area contributed by atoms with Gasteiger partial charge in [0.1, 0.15) is 5.75 Å². The minimum atomic E-state index is 0.685. The van der Waals surface area contributed by atoms with Gasteiger partial charge in [-0.05, 0) is 18.2 Å². The molecular formula is C10H12ClNOS. The van der Waals surface area contributed by atoms with Crippen LogP contribution in [0.15, 0.2) is 23.1 Å². The summed E-state index contributed by atoms with van der Waals surface area (Å²) >= 11 is 7.88. The molecule has 1 saturated heterocycles. The third kappa shape index (κ3) is 2.16. The zero-order valence-corrected chi connectivity index (χ0v) is 9.49. The van der Waals surface area contributed by atoms with Gasteiger partial charge in [0, 0.05) is 23.2 Å². The predicted octanol–water partition coefficient (Wildman–Crippen LogP) is 2.41. The lowest BCUT2D eigenvalue weighted by atomic mass is 10.3. The minimum Gasteiger partial charge on any atom is -0.495 e. The first kappa shape index (κ1) is 10.1. The third-order valence-corrected chi connectivity index (χ3v) is 3.66.